The molecule has 1 heterocycles. The molecule has 0 spiro atoms. The number of likely N-dealkylation sites (tertiary alicyclic amines) is 1. The van der Waals surface area contributed by atoms with Crippen molar-refractivity contribution < 1.29 is 17.9 Å². The van der Waals surface area contributed by atoms with Gasteiger partial charge in [0.05, 0.1) is 12.9 Å². The Morgan fingerprint density at radius 1 is 1.47 bits per heavy atom. The van der Waals surface area contributed by atoms with E-state index < -0.39 is 10.0 Å². The highest BCUT2D eigenvalue weighted by Crippen LogP contribution is 2.16. The molecule has 0 radical (unpaired) electrons. The lowest BCUT2D eigenvalue weighted by molar-refractivity contribution is -0.150. The fraction of sp³-hybridized carbons (Fsp3) is 0.917. The molecule has 0 amide bonds. The standard InChI is InChI=1S/C12H24N2O4S/c1-4-11(12(15)18-5-2)14-8-6-7-10(9-14)13-19(3,16)17/h10-11,13H,4-9H2,1-3H3/t10-,11-/m0/s1. The summed E-state index contributed by atoms with van der Waals surface area (Å²) in [4.78, 5) is 13.9. The highest BCUT2D eigenvalue weighted by Gasteiger charge is 2.31. The van der Waals surface area contributed by atoms with Crippen molar-refractivity contribution in [3.63, 3.8) is 0 Å². The molecule has 1 saturated heterocycles. The molecule has 1 rings (SSSR count). The van der Waals surface area contributed by atoms with Crippen molar-refractivity contribution in [1.82, 2.24) is 9.62 Å². The molecule has 1 aliphatic heterocycles. The largest absolute Gasteiger partial charge is 0.465 e. The maximum Gasteiger partial charge on any atom is 0.323 e. The minimum atomic E-state index is -3.20. The molecule has 6 nitrogen and oxygen atoms in total. The number of sulfonamides is 1. The summed E-state index contributed by atoms with van der Waals surface area (Å²) in [5, 5.41) is 0. The highest BCUT2D eigenvalue weighted by molar-refractivity contribution is 7.88. The van der Waals surface area contributed by atoms with Crippen molar-refractivity contribution in [3.05, 3.63) is 0 Å². The van der Waals surface area contributed by atoms with E-state index in [-0.39, 0.29) is 18.1 Å². The van der Waals surface area contributed by atoms with Crippen molar-refractivity contribution >= 4 is 16.0 Å². The summed E-state index contributed by atoms with van der Waals surface area (Å²) in [7, 11) is -3.20. The van der Waals surface area contributed by atoms with E-state index in [1.807, 2.05) is 11.8 Å². The maximum absolute atomic E-state index is 11.9. The first kappa shape index (κ1) is 16.4. The molecule has 0 aromatic carbocycles. The van der Waals surface area contributed by atoms with Crippen LogP contribution in [0.5, 0.6) is 0 Å². The van der Waals surface area contributed by atoms with E-state index in [0.717, 1.165) is 25.6 Å². The minimum Gasteiger partial charge on any atom is -0.465 e. The number of hydrogen-bond acceptors (Lipinski definition) is 5. The summed E-state index contributed by atoms with van der Waals surface area (Å²) in [6.07, 6.45) is 3.52. The Balaban J connectivity index is 2.64. The monoisotopic (exact) mass is 292 g/mol. The van der Waals surface area contributed by atoms with Crippen LogP contribution in [-0.4, -0.2) is 57.3 Å². The van der Waals surface area contributed by atoms with Crippen LogP contribution in [0.3, 0.4) is 0 Å². The number of rotatable bonds is 6. The number of nitrogens with zero attached hydrogens (tertiary/aromatic N) is 1. The van der Waals surface area contributed by atoms with Gasteiger partial charge in [-0.1, -0.05) is 6.92 Å². The Morgan fingerprint density at radius 3 is 2.68 bits per heavy atom. The smallest absolute Gasteiger partial charge is 0.323 e. The zero-order valence-corrected chi connectivity index (χ0v) is 12.7. The van der Waals surface area contributed by atoms with E-state index >= 15 is 0 Å². The normalized spacial score (nSPS) is 23.0. The molecule has 0 bridgehead atoms. The number of ether oxygens (including phenoxy) is 1. The van der Waals surface area contributed by atoms with E-state index in [4.69, 9.17) is 4.74 Å². The maximum atomic E-state index is 11.9. The minimum absolute atomic E-state index is 0.118. The van der Waals surface area contributed by atoms with Gasteiger partial charge < -0.3 is 4.74 Å². The van der Waals surface area contributed by atoms with Gasteiger partial charge in [0.25, 0.3) is 0 Å². The average Bonchev–Trinajstić information content (AvgIpc) is 2.28. The van der Waals surface area contributed by atoms with Gasteiger partial charge in [-0.2, -0.15) is 0 Å². The first-order valence-electron chi connectivity index (χ1n) is 6.75. The van der Waals surface area contributed by atoms with Gasteiger partial charge in [-0.25, -0.2) is 13.1 Å². The molecule has 1 fully saturated rings. The molecule has 0 aromatic heterocycles. The lowest BCUT2D eigenvalue weighted by Crippen LogP contribution is -2.53. The Labute approximate surface area is 115 Å². The number of carbonyl (C=O) groups is 1. The second kappa shape index (κ2) is 7.21. The Kier molecular flexibility index (Phi) is 6.22. The van der Waals surface area contributed by atoms with E-state index in [2.05, 4.69) is 4.72 Å². The van der Waals surface area contributed by atoms with Crippen LogP contribution >= 0.6 is 0 Å². The molecule has 2 atom stereocenters. The summed E-state index contributed by atoms with van der Waals surface area (Å²) in [6, 6.07) is -0.392. The second-order valence-electron chi connectivity index (χ2n) is 4.90. The number of carbonyl (C=O) groups excluding carboxylic acids is 1. The van der Waals surface area contributed by atoms with Gasteiger partial charge in [0.2, 0.25) is 10.0 Å². The lowest BCUT2D eigenvalue weighted by Gasteiger charge is -2.36. The zero-order valence-electron chi connectivity index (χ0n) is 11.9. The summed E-state index contributed by atoms with van der Waals surface area (Å²) in [5.74, 6) is -0.218. The van der Waals surface area contributed by atoms with Crippen LogP contribution in [0.2, 0.25) is 0 Å². The van der Waals surface area contributed by atoms with Gasteiger partial charge in [0, 0.05) is 12.6 Å². The van der Waals surface area contributed by atoms with Crippen LogP contribution in [0.1, 0.15) is 33.1 Å². The van der Waals surface area contributed by atoms with Crippen molar-refractivity contribution in [2.24, 2.45) is 0 Å². The SMILES string of the molecule is CCOC(=O)[C@H](CC)N1CCC[C@H](NS(C)(=O)=O)C1. The molecule has 0 unspecified atom stereocenters. The number of nitrogens with one attached hydrogen (secondary N) is 1. The highest BCUT2D eigenvalue weighted by atomic mass is 32.2. The average molecular weight is 292 g/mol. The first-order chi connectivity index (χ1) is 8.87. The van der Waals surface area contributed by atoms with Crippen molar-refractivity contribution in [2.75, 3.05) is 26.0 Å². The molecule has 1 aliphatic rings. The van der Waals surface area contributed by atoms with Gasteiger partial charge in [-0.3, -0.25) is 9.69 Å². The molecular weight excluding hydrogens is 268 g/mol. The Hall–Kier alpha value is -0.660. The molecule has 112 valence electrons. The summed E-state index contributed by atoms with van der Waals surface area (Å²) >= 11 is 0. The third kappa shape index (κ3) is 5.46. The summed E-state index contributed by atoms with van der Waals surface area (Å²) in [6.45, 7) is 5.46. The van der Waals surface area contributed by atoms with Crippen LogP contribution in [0.4, 0.5) is 0 Å². The number of hydrogen-bond donors (Lipinski definition) is 1. The molecular formula is C12H24N2O4S. The Bertz CT molecular complexity index is 397. The molecule has 0 aromatic rings. The van der Waals surface area contributed by atoms with Gasteiger partial charge >= 0.3 is 5.97 Å². The molecule has 19 heavy (non-hydrogen) atoms. The van der Waals surface area contributed by atoms with E-state index in [0.29, 0.717) is 19.6 Å². The van der Waals surface area contributed by atoms with Gasteiger partial charge in [-0.05, 0) is 32.7 Å². The molecule has 0 aliphatic carbocycles. The van der Waals surface area contributed by atoms with Crippen LogP contribution in [-0.2, 0) is 19.6 Å². The van der Waals surface area contributed by atoms with Crippen LogP contribution in [0.15, 0.2) is 0 Å². The summed E-state index contributed by atoms with van der Waals surface area (Å²) < 4.78 is 30.2. The van der Waals surface area contributed by atoms with E-state index in [1.165, 1.54) is 0 Å². The lowest BCUT2D eigenvalue weighted by atomic mass is 10.0. The first-order valence-corrected chi connectivity index (χ1v) is 8.64. The zero-order chi connectivity index (χ0) is 14.5. The van der Waals surface area contributed by atoms with Crippen LogP contribution < -0.4 is 4.72 Å². The van der Waals surface area contributed by atoms with Crippen molar-refractivity contribution in [2.45, 2.75) is 45.2 Å². The molecule has 7 heteroatoms. The summed E-state index contributed by atoms with van der Waals surface area (Å²) in [5.41, 5.74) is 0. The molecule has 0 saturated carbocycles. The van der Waals surface area contributed by atoms with Gasteiger partial charge in [0.1, 0.15) is 6.04 Å². The van der Waals surface area contributed by atoms with Gasteiger partial charge in [0.15, 0.2) is 0 Å². The number of esters is 1. The predicted molar refractivity (Wildman–Crippen MR) is 73.3 cm³/mol. The third-order valence-corrected chi connectivity index (χ3v) is 3.98. The molecule has 1 N–H and O–H groups in total. The predicted octanol–water partition coefficient (Wildman–Crippen LogP) is 0.342. The topological polar surface area (TPSA) is 75.7 Å². The fourth-order valence-corrected chi connectivity index (χ4v) is 3.30. The fourth-order valence-electron chi connectivity index (χ4n) is 2.50. The van der Waals surface area contributed by atoms with Gasteiger partial charge in [-0.15, -0.1) is 0 Å². The Morgan fingerprint density at radius 2 is 2.16 bits per heavy atom. The number of piperidine rings is 1. The van der Waals surface area contributed by atoms with E-state index in [9.17, 15) is 13.2 Å². The quantitative estimate of drug-likeness (QED) is 0.715. The van der Waals surface area contributed by atoms with Crippen LogP contribution in [0, 0.1) is 0 Å². The van der Waals surface area contributed by atoms with Crippen molar-refractivity contribution in [1.29, 1.82) is 0 Å². The third-order valence-electron chi connectivity index (χ3n) is 3.22. The van der Waals surface area contributed by atoms with Crippen LogP contribution in [0.25, 0.3) is 0 Å². The van der Waals surface area contributed by atoms with Crippen molar-refractivity contribution in [3.8, 4) is 0 Å². The second-order valence-corrected chi connectivity index (χ2v) is 6.68. The van der Waals surface area contributed by atoms with E-state index in [1.54, 1.807) is 6.92 Å².